The molecule has 3 aromatic rings. The largest absolute Gasteiger partial charge is 0.339 e. The lowest BCUT2D eigenvalue weighted by Gasteiger charge is -2.06. The number of rotatable bonds is 3. The number of H-pyrrole nitrogens is 1. The third-order valence-electron chi connectivity index (χ3n) is 2.90. The van der Waals surface area contributed by atoms with Crippen molar-refractivity contribution in [3.05, 3.63) is 58.9 Å². The molecule has 5 nitrogen and oxygen atoms in total. The Hall–Kier alpha value is -2.43. The van der Waals surface area contributed by atoms with E-state index in [0.29, 0.717) is 11.2 Å². The molecule has 0 aliphatic heterocycles. The van der Waals surface area contributed by atoms with Gasteiger partial charge in [0.1, 0.15) is 6.33 Å². The maximum Gasteiger partial charge on any atom is 0.298 e. The van der Waals surface area contributed by atoms with Crippen LogP contribution < -0.4 is 5.56 Å². The molecule has 1 aromatic carbocycles. The number of aromatic amines is 1. The fraction of sp³-hybridized carbons (Fsp3) is 0.154. The summed E-state index contributed by atoms with van der Waals surface area (Å²) in [7, 11) is 0. The Morgan fingerprint density at radius 3 is 2.83 bits per heavy atom. The van der Waals surface area contributed by atoms with Crippen molar-refractivity contribution in [2.45, 2.75) is 13.0 Å². The van der Waals surface area contributed by atoms with Crippen LogP contribution in [0.15, 0.2) is 47.8 Å². The van der Waals surface area contributed by atoms with E-state index in [1.54, 1.807) is 6.33 Å². The Kier molecular flexibility index (Phi) is 2.64. The number of hydrogen-bond donors (Lipinski definition) is 1. The lowest BCUT2D eigenvalue weighted by Crippen LogP contribution is -2.13. The summed E-state index contributed by atoms with van der Waals surface area (Å²) in [6, 6.07) is 10.2. The quantitative estimate of drug-likeness (QED) is 0.751. The number of nitrogens with zero attached hydrogens (tertiary/aromatic N) is 3. The molecule has 2 aromatic heterocycles. The lowest BCUT2D eigenvalue weighted by atomic mass is 10.1. The van der Waals surface area contributed by atoms with Gasteiger partial charge in [-0.3, -0.25) is 4.79 Å². The zero-order chi connectivity index (χ0) is 12.4. The van der Waals surface area contributed by atoms with Gasteiger partial charge in [0.05, 0.1) is 6.33 Å². The summed E-state index contributed by atoms with van der Waals surface area (Å²) in [5.41, 5.74) is 2.11. The van der Waals surface area contributed by atoms with Crippen molar-refractivity contribution >= 4 is 11.2 Å². The number of hydrogen-bond acceptors (Lipinski definition) is 3. The van der Waals surface area contributed by atoms with Gasteiger partial charge in [0.2, 0.25) is 0 Å². The fourth-order valence-corrected chi connectivity index (χ4v) is 1.96. The van der Waals surface area contributed by atoms with Gasteiger partial charge in [0.25, 0.3) is 5.56 Å². The van der Waals surface area contributed by atoms with Crippen LogP contribution in [0.3, 0.4) is 0 Å². The molecule has 0 fully saturated rings. The fourth-order valence-electron chi connectivity index (χ4n) is 1.96. The van der Waals surface area contributed by atoms with E-state index in [2.05, 4.69) is 27.1 Å². The van der Waals surface area contributed by atoms with Crippen molar-refractivity contribution in [1.82, 2.24) is 19.5 Å². The Morgan fingerprint density at radius 1 is 1.17 bits per heavy atom. The molecule has 0 unspecified atom stereocenters. The highest BCUT2D eigenvalue weighted by Gasteiger charge is 2.05. The van der Waals surface area contributed by atoms with E-state index in [1.807, 2.05) is 22.8 Å². The Balaban J connectivity index is 1.90. The SMILES string of the molecule is O=c1ncn(CCc2ccccc2)c2nc[nH]c12. The monoisotopic (exact) mass is 240 g/mol. The van der Waals surface area contributed by atoms with Gasteiger partial charge in [0, 0.05) is 6.54 Å². The van der Waals surface area contributed by atoms with Crippen molar-refractivity contribution in [1.29, 1.82) is 0 Å². The van der Waals surface area contributed by atoms with Gasteiger partial charge < -0.3 is 9.55 Å². The highest BCUT2D eigenvalue weighted by atomic mass is 16.1. The number of nitrogens with one attached hydrogen (secondary N) is 1. The van der Waals surface area contributed by atoms with Gasteiger partial charge in [-0.1, -0.05) is 30.3 Å². The topological polar surface area (TPSA) is 63.6 Å². The summed E-state index contributed by atoms with van der Waals surface area (Å²) < 4.78 is 1.89. The maximum atomic E-state index is 11.5. The van der Waals surface area contributed by atoms with E-state index >= 15 is 0 Å². The minimum atomic E-state index is -0.265. The molecule has 0 spiro atoms. The molecule has 0 aliphatic carbocycles. The van der Waals surface area contributed by atoms with Crippen LogP contribution >= 0.6 is 0 Å². The molecule has 5 heteroatoms. The zero-order valence-corrected chi connectivity index (χ0v) is 9.71. The number of aryl methyl sites for hydroxylation is 2. The molecular weight excluding hydrogens is 228 g/mol. The molecule has 0 saturated heterocycles. The van der Waals surface area contributed by atoms with E-state index in [9.17, 15) is 4.79 Å². The van der Waals surface area contributed by atoms with Crippen molar-refractivity contribution in [3.8, 4) is 0 Å². The highest BCUT2D eigenvalue weighted by Crippen LogP contribution is 2.06. The second kappa shape index (κ2) is 4.44. The molecule has 0 bridgehead atoms. The summed E-state index contributed by atoms with van der Waals surface area (Å²) in [6.45, 7) is 0.749. The third-order valence-corrected chi connectivity index (χ3v) is 2.90. The number of fused-ring (bicyclic) bond motifs is 1. The number of imidazole rings is 1. The predicted molar refractivity (Wildman–Crippen MR) is 68.3 cm³/mol. The van der Waals surface area contributed by atoms with Crippen LogP contribution in [-0.4, -0.2) is 19.5 Å². The van der Waals surface area contributed by atoms with Crippen molar-refractivity contribution in [2.75, 3.05) is 0 Å². The van der Waals surface area contributed by atoms with Crippen LogP contribution in [0.25, 0.3) is 11.2 Å². The van der Waals surface area contributed by atoms with Crippen LogP contribution in [0.4, 0.5) is 0 Å². The van der Waals surface area contributed by atoms with Crippen LogP contribution in [0.2, 0.25) is 0 Å². The second-order valence-electron chi connectivity index (χ2n) is 4.08. The predicted octanol–water partition coefficient (Wildman–Crippen LogP) is 1.36. The molecule has 0 atom stereocenters. The first-order valence-corrected chi connectivity index (χ1v) is 5.77. The summed E-state index contributed by atoms with van der Waals surface area (Å²) in [5.74, 6) is 0. The van der Waals surface area contributed by atoms with Crippen LogP contribution in [0, 0.1) is 0 Å². The molecule has 0 amide bonds. The molecule has 18 heavy (non-hydrogen) atoms. The highest BCUT2D eigenvalue weighted by molar-refractivity contribution is 5.68. The number of benzene rings is 1. The molecular formula is C13H12N4O. The Labute approximate surface area is 103 Å². The molecule has 3 rings (SSSR count). The van der Waals surface area contributed by atoms with Crippen LogP contribution in [0.5, 0.6) is 0 Å². The minimum absolute atomic E-state index is 0.265. The van der Waals surface area contributed by atoms with Gasteiger partial charge in [0.15, 0.2) is 11.2 Å². The van der Waals surface area contributed by atoms with E-state index in [0.717, 1.165) is 13.0 Å². The Bertz CT molecular complexity index is 714. The third kappa shape index (κ3) is 1.90. The van der Waals surface area contributed by atoms with Gasteiger partial charge in [-0.2, -0.15) is 4.98 Å². The molecule has 2 heterocycles. The van der Waals surface area contributed by atoms with Gasteiger partial charge >= 0.3 is 0 Å². The molecule has 0 saturated carbocycles. The van der Waals surface area contributed by atoms with Crippen molar-refractivity contribution in [3.63, 3.8) is 0 Å². The van der Waals surface area contributed by atoms with Crippen molar-refractivity contribution < 1.29 is 0 Å². The first kappa shape index (κ1) is 10.7. The van der Waals surface area contributed by atoms with Crippen LogP contribution in [0.1, 0.15) is 5.56 Å². The first-order valence-electron chi connectivity index (χ1n) is 5.77. The smallest absolute Gasteiger partial charge is 0.298 e. The molecule has 0 aliphatic rings. The Morgan fingerprint density at radius 2 is 2.00 bits per heavy atom. The lowest BCUT2D eigenvalue weighted by molar-refractivity contribution is 0.695. The maximum absolute atomic E-state index is 11.5. The van der Waals surface area contributed by atoms with Crippen LogP contribution in [-0.2, 0) is 13.0 Å². The summed E-state index contributed by atoms with van der Waals surface area (Å²) in [6.07, 6.45) is 3.95. The normalized spacial score (nSPS) is 10.9. The van der Waals surface area contributed by atoms with E-state index in [4.69, 9.17) is 0 Å². The van der Waals surface area contributed by atoms with Gasteiger partial charge in [-0.25, -0.2) is 4.98 Å². The summed E-state index contributed by atoms with van der Waals surface area (Å²) in [4.78, 5) is 22.3. The summed E-state index contributed by atoms with van der Waals surface area (Å²) >= 11 is 0. The molecule has 0 radical (unpaired) electrons. The van der Waals surface area contributed by atoms with E-state index < -0.39 is 0 Å². The zero-order valence-electron chi connectivity index (χ0n) is 9.71. The first-order chi connectivity index (χ1) is 8.84. The molecule has 90 valence electrons. The average Bonchev–Trinajstić information content (AvgIpc) is 2.90. The van der Waals surface area contributed by atoms with Gasteiger partial charge in [-0.05, 0) is 12.0 Å². The van der Waals surface area contributed by atoms with Crippen molar-refractivity contribution in [2.24, 2.45) is 0 Å². The average molecular weight is 240 g/mol. The standard InChI is InChI=1S/C13H12N4O/c18-13-11-12(15-8-14-11)17(9-16-13)7-6-10-4-2-1-3-5-10/h1-5,8-9H,6-7H2,(H,14,15). The minimum Gasteiger partial charge on any atom is -0.339 e. The number of aromatic nitrogens is 4. The summed E-state index contributed by atoms with van der Waals surface area (Å²) in [5, 5.41) is 0. The molecule has 1 N–H and O–H groups in total. The van der Waals surface area contributed by atoms with E-state index in [1.165, 1.54) is 11.9 Å². The second-order valence-corrected chi connectivity index (χ2v) is 4.08. The van der Waals surface area contributed by atoms with Gasteiger partial charge in [-0.15, -0.1) is 0 Å². The van der Waals surface area contributed by atoms with E-state index in [-0.39, 0.29) is 5.56 Å².